The Bertz CT molecular complexity index is 702. The first-order valence-electron chi connectivity index (χ1n) is 7.84. The molecule has 0 spiro atoms. The van der Waals surface area contributed by atoms with Crippen LogP contribution in [0.3, 0.4) is 0 Å². The Morgan fingerprint density at radius 3 is 2.54 bits per heavy atom. The Labute approximate surface area is 144 Å². The minimum atomic E-state index is -0.203. The van der Waals surface area contributed by atoms with Crippen molar-refractivity contribution in [2.45, 2.75) is 24.0 Å². The molecule has 0 saturated carbocycles. The Morgan fingerprint density at radius 2 is 1.92 bits per heavy atom. The van der Waals surface area contributed by atoms with Crippen molar-refractivity contribution in [2.24, 2.45) is 0 Å². The number of anilines is 1. The van der Waals surface area contributed by atoms with Gasteiger partial charge in [0.1, 0.15) is 5.82 Å². The van der Waals surface area contributed by atoms with Crippen molar-refractivity contribution in [3.63, 3.8) is 0 Å². The molecule has 24 heavy (non-hydrogen) atoms. The molecule has 1 aliphatic heterocycles. The van der Waals surface area contributed by atoms with Gasteiger partial charge in [-0.05, 0) is 31.2 Å². The lowest BCUT2D eigenvalue weighted by Gasteiger charge is -2.34. The number of amides is 1. The van der Waals surface area contributed by atoms with Gasteiger partial charge in [0, 0.05) is 31.5 Å². The quantitative estimate of drug-likeness (QED) is 0.681. The number of thioether (sulfide) groups is 1. The minimum absolute atomic E-state index is 0.0840. The van der Waals surface area contributed by atoms with Crippen LogP contribution < -0.4 is 10.2 Å². The number of nitrogens with one attached hydrogen (secondary N) is 1. The zero-order valence-electron chi connectivity index (χ0n) is 13.4. The molecule has 2 aromatic rings. The van der Waals surface area contributed by atoms with E-state index in [9.17, 15) is 9.18 Å². The highest BCUT2D eigenvalue weighted by Gasteiger charge is 2.22. The molecule has 7 heteroatoms. The van der Waals surface area contributed by atoms with Crippen molar-refractivity contribution in [2.75, 3.05) is 24.2 Å². The third-order valence-corrected chi connectivity index (χ3v) is 4.67. The summed E-state index contributed by atoms with van der Waals surface area (Å²) in [5, 5.41) is 3.66. The molecule has 1 amide bonds. The maximum Gasteiger partial charge on any atom is 0.254 e. The number of carbonyl (C=O) groups excluding carboxylic acids is 1. The second kappa shape index (κ2) is 7.61. The van der Waals surface area contributed by atoms with Crippen LogP contribution in [0.25, 0.3) is 0 Å². The average Bonchev–Trinajstić information content (AvgIpc) is 2.63. The van der Waals surface area contributed by atoms with Crippen LogP contribution in [0.15, 0.2) is 41.8 Å². The van der Waals surface area contributed by atoms with Crippen molar-refractivity contribution >= 4 is 23.4 Å². The molecule has 1 aromatic heterocycles. The number of rotatable bonds is 4. The van der Waals surface area contributed by atoms with Gasteiger partial charge in [0.15, 0.2) is 5.16 Å². The number of halogens is 1. The predicted molar refractivity (Wildman–Crippen MR) is 92.9 cm³/mol. The summed E-state index contributed by atoms with van der Waals surface area (Å²) in [6, 6.07) is 6.88. The van der Waals surface area contributed by atoms with Crippen LogP contribution in [0.4, 0.5) is 10.1 Å². The minimum Gasteiger partial charge on any atom is -0.369 e. The summed E-state index contributed by atoms with van der Waals surface area (Å²) >= 11 is 1.43. The van der Waals surface area contributed by atoms with E-state index in [1.54, 1.807) is 24.5 Å². The van der Waals surface area contributed by atoms with Crippen molar-refractivity contribution in [3.8, 4) is 0 Å². The summed E-state index contributed by atoms with van der Waals surface area (Å²) in [4.78, 5) is 22.5. The molecular weight excluding hydrogens is 327 g/mol. The topological polar surface area (TPSA) is 58.1 Å². The molecular formula is C17H19FN4OS. The highest BCUT2D eigenvalue weighted by Crippen LogP contribution is 2.23. The number of para-hydroxylation sites is 1. The first-order chi connectivity index (χ1) is 11.7. The molecule has 0 atom stereocenters. The molecule has 5 nitrogen and oxygen atoms in total. The van der Waals surface area contributed by atoms with E-state index in [1.807, 2.05) is 17.2 Å². The summed E-state index contributed by atoms with van der Waals surface area (Å²) in [7, 11) is 0. The van der Waals surface area contributed by atoms with Crippen LogP contribution in [0, 0.1) is 5.82 Å². The van der Waals surface area contributed by atoms with Gasteiger partial charge in [-0.3, -0.25) is 4.79 Å². The fourth-order valence-electron chi connectivity index (χ4n) is 2.78. The van der Waals surface area contributed by atoms with Crippen LogP contribution in [-0.2, 0) is 0 Å². The van der Waals surface area contributed by atoms with Gasteiger partial charge >= 0.3 is 0 Å². The van der Waals surface area contributed by atoms with E-state index in [4.69, 9.17) is 0 Å². The zero-order chi connectivity index (χ0) is 16.9. The van der Waals surface area contributed by atoms with E-state index < -0.39 is 0 Å². The smallest absolute Gasteiger partial charge is 0.254 e. The maximum atomic E-state index is 13.8. The molecule has 0 unspecified atom stereocenters. The number of aromatic nitrogens is 2. The van der Waals surface area contributed by atoms with E-state index in [-0.39, 0.29) is 17.8 Å². The summed E-state index contributed by atoms with van der Waals surface area (Å²) in [5.74, 6) is -0.363. The van der Waals surface area contributed by atoms with E-state index in [0.717, 1.165) is 12.8 Å². The van der Waals surface area contributed by atoms with E-state index >= 15 is 0 Å². The number of nitrogens with zero attached hydrogens (tertiary/aromatic N) is 3. The lowest BCUT2D eigenvalue weighted by Crippen LogP contribution is -2.45. The first-order valence-corrected chi connectivity index (χ1v) is 9.06. The second-order valence-electron chi connectivity index (χ2n) is 5.64. The highest BCUT2D eigenvalue weighted by atomic mass is 32.2. The van der Waals surface area contributed by atoms with E-state index in [1.165, 1.54) is 17.8 Å². The monoisotopic (exact) mass is 346 g/mol. The molecule has 1 N–H and O–H groups in total. The van der Waals surface area contributed by atoms with Gasteiger partial charge in [0.2, 0.25) is 0 Å². The van der Waals surface area contributed by atoms with Gasteiger partial charge in [-0.25, -0.2) is 14.4 Å². The summed E-state index contributed by atoms with van der Waals surface area (Å²) in [6.07, 6.45) is 6.54. The fraction of sp³-hybridized carbons (Fsp3) is 0.353. The molecule has 1 aromatic carbocycles. The Balaban J connectivity index is 1.55. The highest BCUT2D eigenvalue weighted by molar-refractivity contribution is 7.98. The molecule has 1 saturated heterocycles. The van der Waals surface area contributed by atoms with Gasteiger partial charge in [-0.15, -0.1) is 0 Å². The van der Waals surface area contributed by atoms with Gasteiger partial charge in [0.05, 0.1) is 11.3 Å². The van der Waals surface area contributed by atoms with Crippen LogP contribution in [-0.4, -0.2) is 41.3 Å². The van der Waals surface area contributed by atoms with Crippen molar-refractivity contribution in [1.29, 1.82) is 0 Å². The number of hydrogen-bond acceptors (Lipinski definition) is 5. The van der Waals surface area contributed by atoms with Crippen LogP contribution in [0.2, 0.25) is 0 Å². The van der Waals surface area contributed by atoms with E-state index in [2.05, 4.69) is 15.3 Å². The van der Waals surface area contributed by atoms with Gasteiger partial charge in [-0.1, -0.05) is 23.9 Å². The van der Waals surface area contributed by atoms with Gasteiger partial charge in [0.25, 0.3) is 5.91 Å². The van der Waals surface area contributed by atoms with Crippen molar-refractivity contribution in [3.05, 3.63) is 48.0 Å². The molecule has 0 bridgehead atoms. The third-order valence-electron chi connectivity index (χ3n) is 4.10. The SMILES string of the molecule is CSc1ncc(C(=O)NC2CCN(c3ccccc3F)CC2)cn1. The molecule has 2 heterocycles. The zero-order valence-corrected chi connectivity index (χ0v) is 14.2. The largest absolute Gasteiger partial charge is 0.369 e. The maximum absolute atomic E-state index is 13.8. The van der Waals surface area contributed by atoms with Crippen molar-refractivity contribution < 1.29 is 9.18 Å². The number of hydrogen-bond donors (Lipinski definition) is 1. The molecule has 0 radical (unpaired) electrons. The third kappa shape index (κ3) is 3.84. The number of piperidine rings is 1. The standard InChI is InChI=1S/C17H19FN4OS/c1-24-17-19-10-12(11-20-17)16(23)21-13-6-8-22(9-7-13)15-5-3-2-4-14(15)18/h2-5,10-11,13H,6-9H2,1H3,(H,21,23). The van der Waals surface area contributed by atoms with Crippen LogP contribution in [0.1, 0.15) is 23.2 Å². The number of benzene rings is 1. The average molecular weight is 346 g/mol. The molecule has 0 aliphatic carbocycles. The summed E-state index contributed by atoms with van der Waals surface area (Å²) < 4.78 is 13.8. The predicted octanol–water partition coefficient (Wildman–Crippen LogP) is 2.74. The van der Waals surface area contributed by atoms with Crippen LogP contribution in [0.5, 0.6) is 0 Å². The normalized spacial score (nSPS) is 15.3. The molecule has 3 rings (SSSR count). The summed E-state index contributed by atoms with van der Waals surface area (Å²) in [6.45, 7) is 1.43. The Morgan fingerprint density at radius 1 is 1.25 bits per heavy atom. The fourth-order valence-corrected chi connectivity index (χ4v) is 3.10. The van der Waals surface area contributed by atoms with Crippen molar-refractivity contribution in [1.82, 2.24) is 15.3 Å². The second-order valence-corrected chi connectivity index (χ2v) is 6.42. The molecule has 1 aliphatic rings. The Kier molecular flexibility index (Phi) is 5.30. The van der Waals surface area contributed by atoms with E-state index in [0.29, 0.717) is 29.5 Å². The van der Waals surface area contributed by atoms with Gasteiger partial charge in [-0.2, -0.15) is 0 Å². The van der Waals surface area contributed by atoms with Gasteiger partial charge < -0.3 is 10.2 Å². The Hall–Kier alpha value is -2.15. The number of carbonyl (C=O) groups is 1. The lowest BCUT2D eigenvalue weighted by atomic mass is 10.0. The molecule has 126 valence electrons. The summed E-state index contributed by atoms with van der Waals surface area (Å²) in [5.41, 5.74) is 1.09. The first kappa shape index (κ1) is 16.7. The lowest BCUT2D eigenvalue weighted by molar-refractivity contribution is 0.0930. The molecule has 1 fully saturated rings. The van der Waals surface area contributed by atoms with Crippen LogP contribution >= 0.6 is 11.8 Å².